The molecule has 4 rings (SSSR count). The van der Waals surface area contributed by atoms with Crippen molar-refractivity contribution < 1.29 is 0 Å². The number of nitrogens with zero attached hydrogens (tertiary/aromatic N) is 5. The zero-order chi connectivity index (χ0) is 18.1. The van der Waals surface area contributed by atoms with Gasteiger partial charge in [-0.2, -0.15) is 10.1 Å². The summed E-state index contributed by atoms with van der Waals surface area (Å²) in [6, 6.07) is 13.2. The van der Waals surface area contributed by atoms with Crippen molar-refractivity contribution in [1.29, 1.82) is 0 Å². The molecular formula is C18H14Cl2N6. The molecule has 0 bridgehead atoms. The van der Waals surface area contributed by atoms with Crippen LogP contribution in [0, 0.1) is 0 Å². The Bertz CT molecular complexity index is 1140. The van der Waals surface area contributed by atoms with Gasteiger partial charge in [0.15, 0.2) is 5.65 Å². The lowest BCUT2D eigenvalue weighted by molar-refractivity contribution is 0.811. The molecule has 4 aromatic rings. The van der Waals surface area contributed by atoms with E-state index in [0.717, 1.165) is 34.2 Å². The normalized spacial score (nSPS) is 11.7. The van der Waals surface area contributed by atoms with Gasteiger partial charge >= 0.3 is 0 Å². The van der Waals surface area contributed by atoms with Crippen molar-refractivity contribution in [3.8, 4) is 0 Å². The average Bonchev–Trinajstić information content (AvgIpc) is 2.96. The van der Waals surface area contributed by atoms with E-state index < -0.39 is 0 Å². The maximum atomic E-state index is 6.12. The summed E-state index contributed by atoms with van der Waals surface area (Å²) in [5.41, 5.74) is 6.17. The molecule has 26 heavy (non-hydrogen) atoms. The van der Waals surface area contributed by atoms with E-state index in [0.29, 0.717) is 16.0 Å². The molecule has 130 valence electrons. The van der Waals surface area contributed by atoms with Crippen LogP contribution in [0.4, 0.5) is 5.95 Å². The van der Waals surface area contributed by atoms with E-state index in [-0.39, 0.29) is 0 Å². The largest absolute Gasteiger partial charge is 0.324 e. The summed E-state index contributed by atoms with van der Waals surface area (Å²) < 4.78 is 2.10. The number of hydrogen-bond acceptors (Lipinski definition) is 5. The first kappa shape index (κ1) is 16.8. The molecule has 0 amide bonds. The summed E-state index contributed by atoms with van der Waals surface area (Å²) in [7, 11) is 0. The maximum Gasteiger partial charge on any atom is 0.265 e. The van der Waals surface area contributed by atoms with Crippen LogP contribution in [0.2, 0.25) is 10.0 Å². The second-order valence-corrected chi connectivity index (χ2v) is 6.45. The van der Waals surface area contributed by atoms with E-state index in [1.807, 2.05) is 18.2 Å². The van der Waals surface area contributed by atoms with E-state index in [1.165, 1.54) is 0 Å². The van der Waals surface area contributed by atoms with Gasteiger partial charge in [0.2, 0.25) is 0 Å². The van der Waals surface area contributed by atoms with Gasteiger partial charge in [-0.3, -0.25) is 0 Å². The fourth-order valence-electron chi connectivity index (χ4n) is 2.84. The van der Waals surface area contributed by atoms with Gasteiger partial charge in [0.25, 0.3) is 5.95 Å². The molecule has 1 N–H and O–H groups in total. The number of aromatic nitrogens is 4. The van der Waals surface area contributed by atoms with Crippen molar-refractivity contribution in [3.05, 3.63) is 58.1 Å². The molecule has 0 atom stereocenters. The third-order valence-electron chi connectivity index (χ3n) is 4.02. The van der Waals surface area contributed by atoms with Gasteiger partial charge < -0.3 is 4.57 Å². The van der Waals surface area contributed by atoms with Crippen molar-refractivity contribution in [3.63, 3.8) is 0 Å². The van der Waals surface area contributed by atoms with Gasteiger partial charge in [-0.15, -0.1) is 10.2 Å². The summed E-state index contributed by atoms with van der Waals surface area (Å²) in [6.07, 6.45) is 1.58. The van der Waals surface area contributed by atoms with Crippen LogP contribution >= 0.6 is 23.2 Å². The van der Waals surface area contributed by atoms with Crippen molar-refractivity contribution in [2.24, 2.45) is 5.10 Å². The molecule has 0 saturated heterocycles. The first-order chi connectivity index (χ1) is 12.7. The van der Waals surface area contributed by atoms with Crippen molar-refractivity contribution in [1.82, 2.24) is 19.7 Å². The zero-order valence-corrected chi connectivity index (χ0v) is 15.3. The Morgan fingerprint density at radius 1 is 1.15 bits per heavy atom. The minimum absolute atomic E-state index is 0.316. The Morgan fingerprint density at radius 2 is 2.00 bits per heavy atom. The van der Waals surface area contributed by atoms with Gasteiger partial charge in [-0.1, -0.05) is 47.5 Å². The monoisotopic (exact) mass is 384 g/mol. The molecule has 0 spiro atoms. The number of aryl methyl sites for hydroxylation is 1. The van der Waals surface area contributed by atoms with Gasteiger partial charge in [0.05, 0.1) is 16.8 Å². The van der Waals surface area contributed by atoms with Crippen molar-refractivity contribution in [2.75, 3.05) is 5.43 Å². The highest BCUT2D eigenvalue weighted by molar-refractivity contribution is 6.36. The van der Waals surface area contributed by atoms with Gasteiger partial charge in [-0.25, -0.2) is 5.43 Å². The third kappa shape index (κ3) is 2.98. The summed E-state index contributed by atoms with van der Waals surface area (Å²) in [5, 5.41) is 14.7. The van der Waals surface area contributed by atoms with Crippen LogP contribution in [0.15, 0.2) is 47.6 Å². The Morgan fingerprint density at radius 3 is 2.81 bits per heavy atom. The molecule has 0 fully saturated rings. The number of fused-ring (bicyclic) bond motifs is 3. The zero-order valence-electron chi connectivity index (χ0n) is 13.8. The SMILES string of the molecule is CCn1c2ccccc2c2nnc(NN=Cc3ccc(Cl)cc3Cl)nc21. The number of rotatable bonds is 4. The molecule has 2 aromatic carbocycles. The first-order valence-electron chi connectivity index (χ1n) is 8.03. The molecule has 0 aliphatic heterocycles. The van der Waals surface area contributed by atoms with Gasteiger partial charge in [0.1, 0.15) is 5.52 Å². The van der Waals surface area contributed by atoms with E-state index in [2.05, 4.69) is 43.3 Å². The standard InChI is InChI=1S/C18H14Cl2N6/c1-2-26-15-6-4-3-5-13(15)16-17(26)22-18(25-23-16)24-21-10-11-7-8-12(19)9-14(11)20/h3-10H,2H2,1H3,(H,22,24,25). The molecule has 2 aromatic heterocycles. The topological polar surface area (TPSA) is 68.0 Å². The van der Waals surface area contributed by atoms with E-state index in [9.17, 15) is 0 Å². The fourth-order valence-corrected chi connectivity index (χ4v) is 3.29. The summed E-state index contributed by atoms with van der Waals surface area (Å²) >= 11 is 12.0. The Labute approximate surface area is 159 Å². The lowest BCUT2D eigenvalue weighted by atomic mass is 10.2. The van der Waals surface area contributed by atoms with Crippen LogP contribution in [0.25, 0.3) is 22.1 Å². The van der Waals surface area contributed by atoms with Crippen LogP contribution in [-0.2, 0) is 6.54 Å². The van der Waals surface area contributed by atoms with E-state index in [1.54, 1.807) is 24.4 Å². The molecule has 6 nitrogen and oxygen atoms in total. The number of nitrogens with one attached hydrogen (secondary N) is 1. The number of para-hydroxylation sites is 1. The lowest BCUT2D eigenvalue weighted by Crippen LogP contribution is -2.02. The minimum Gasteiger partial charge on any atom is -0.324 e. The second-order valence-electron chi connectivity index (χ2n) is 5.60. The van der Waals surface area contributed by atoms with Crippen LogP contribution in [0.3, 0.4) is 0 Å². The molecular weight excluding hydrogens is 371 g/mol. The number of hydrazone groups is 1. The highest BCUT2D eigenvalue weighted by atomic mass is 35.5. The predicted octanol–water partition coefficient (Wildman–Crippen LogP) is 4.75. The predicted molar refractivity (Wildman–Crippen MR) is 106 cm³/mol. The number of benzene rings is 2. The van der Waals surface area contributed by atoms with Crippen LogP contribution in [-0.4, -0.2) is 26.0 Å². The number of halogens is 2. The smallest absolute Gasteiger partial charge is 0.265 e. The average molecular weight is 385 g/mol. The van der Waals surface area contributed by atoms with Crippen molar-refractivity contribution in [2.45, 2.75) is 13.5 Å². The molecule has 0 unspecified atom stereocenters. The first-order valence-corrected chi connectivity index (χ1v) is 8.78. The number of hydrogen-bond donors (Lipinski definition) is 1. The fraction of sp³-hybridized carbons (Fsp3) is 0.111. The summed E-state index contributed by atoms with van der Waals surface area (Å²) in [4.78, 5) is 4.56. The quantitative estimate of drug-likeness (QED) is 0.407. The summed E-state index contributed by atoms with van der Waals surface area (Å²) in [5.74, 6) is 0.316. The second kappa shape index (κ2) is 6.90. The van der Waals surface area contributed by atoms with E-state index in [4.69, 9.17) is 23.2 Å². The van der Waals surface area contributed by atoms with Crippen LogP contribution in [0.1, 0.15) is 12.5 Å². The molecule has 0 aliphatic rings. The molecule has 0 saturated carbocycles. The van der Waals surface area contributed by atoms with E-state index >= 15 is 0 Å². The van der Waals surface area contributed by atoms with Gasteiger partial charge in [0, 0.05) is 22.5 Å². The highest BCUT2D eigenvalue weighted by Crippen LogP contribution is 2.26. The highest BCUT2D eigenvalue weighted by Gasteiger charge is 2.13. The lowest BCUT2D eigenvalue weighted by Gasteiger charge is -2.02. The van der Waals surface area contributed by atoms with Crippen LogP contribution in [0.5, 0.6) is 0 Å². The third-order valence-corrected chi connectivity index (χ3v) is 4.58. The Balaban J connectivity index is 1.67. The molecule has 8 heteroatoms. The van der Waals surface area contributed by atoms with Crippen LogP contribution < -0.4 is 5.43 Å². The van der Waals surface area contributed by atoms with Gasteiger partial charge in [-0.05, 0) is 25.1 Å². The maximum absolute atomic E-state index is 6.12. The minimum atomic E-state index is 0.316. The number of anilines is 1. The summed E-state index contributed by atoms with van der Waals surface area (Å²) in [6.45, 7) is 2.85. The Hall–Kier alpha value is -2.70. The molecule has 0 aliphatic carbocycles. The van der Waals surface area contributed by atoms with Crippen molar-refractivity contribution >= 4 is 57.4 Å². The molecule has 0 radical (unpaired) electrons. The molecule has 2 heterocycles. The Kier molecular flexibility index (Phi) is 4.44.